The first-order chi connectivity index (χ1) is 9.56. The molecule has 1 aromatic heterocycles. The Kier molecular flexibility index (Phi) is 4.09. The molecule has 0 spiro atoms. The molecule has 0 saturated carbocycles. The Hall–Kier alpha value is -2.28. The summed E-state index contributed by atoms with van der Waals surface area (Å²) >= 11 is 0. The summed E-state index contributed by atoms with van der Waals surface area (Å²) in [7, 11) is 4.67. The van der Waals surface area contributed by atoms with Crippen LogP contribution in [0.4, 0.5) is 0 Å². The Morgan fingerprint density at radius 2 is 2.00 bits per heavy atom. The number of aryl methyl sites for hydroxylation is 1. The van der Waals surface area contributed by atoms with Gasteiger partial charge in [-0.15, -0.1) is 0 Å². The number of aliphatic hydroxyl groups excluding tert-OH is 1. The largest absolute Gasteiger partial charge is 0.493 e. The fourth-order valence-electron chi connectivity index (χ4n) is 1.88. The highest BCUT2D eigenvalue weighted by Crippen LogP contribution is 2.30. The molecule has 0 aliphatic carbocycles. The maximum absolute atomic E-state index is 11.7. The van der Waals surface area contributed by atoms with Crippen LogP contribution in [0.15, 0.2) is 29.3 Å². The quantitative estimate of drug-likeness (QED) is 0.853. The number of rotatable bonds is 5. The van der Waals surface area contributed by atoms with Crippen LogP contribution >= 0.6 is 0 Å². The summed E-state index contributed by atoms with van der Waals surface area (Å²) in [6, 6.07) is 5.11. The van der Waals surface area contributed by atoms with Crippen LogP contribution in [0.1, 0.15) is 11.7 Å². The van der Waals surface area contributed by atoms with Gasteiger partial charge in [0.1, 0.15) is 6.33 Å². The van der Waals surface area contributed by atoms with E-state index in [0.717, 1.165) is 0 Å². The van der Waals surface area contributed by atoms with Crippen LogP contribution in [0.5, 0.6) is 11.5 Å². The molecule has 1 heterocycles. The van der Waals surface area contributed by atoms with Crippen LogP contribution in [-0.4, -0.2) is 33.7 Å². The van der Waals surface area contributed by atoms with Gasteiger partial charge < -0.3 is 14.6 Å². The lowest BCUT2D eigenvalue weighted by Gasteiger charge is -2.13. The van der Waals surface area contributed by atoms with Gasteiger partial charge >= 0.3 is 5.69 Å². The molecule has 0 aliphatic heterocycles. The van der Waals surface area contributed by atoms with Crippen molar-refractivity contribution < 1.29 is 14.6 Å². The van der Waals surface area contributed by atoms with Gasteiger partial charge in [-0.25, -0.2) is 9.48 Å². The van der Waals surface area contributed by atoms with Gasteiger partial charge in [-0.1, -0.05) is 6.07 Å². The van der Waals surface area contributed by atoms with Crippen molar-refractivity contribution in [2.75, 3.05) is 14.2 Å². The molecule has 7 nitrogen and oxygen atoms in total. The molecule has 1 unspecified atom stereocenters. The lowest BCUT2D eigenvalue weighted by atomic mass is 10.1. The molecule has 2 aromatic rings. The molecule has 1 aromatic carbocycles. The molecule has 20 heavy (non-hydrogen) atoms. The standard InChI is InChI=1S/C13H17N3O4/c1-15-8-14-16(13(15)18)7-10(17)9-4-5-11(19-2)12(6-9)20-3/h4-6,8,10,17H,7H2,1-3H3. The molecule has 1 atom stereocenters. The molecule has 108 valence electrons. The molecule has 0 fully saturated rings. The Balaban J connectivity index is 2.23. The number of ether oxygens (including phenoxy) is 2. The third-order valence-corrected chi connectivity index (χ3v) is 3.03. The second-order valence-corrected chi connectivity index (χ2v) is 4.34. The molecule has 7 heteroatoms. The average Bonchev–Trinajstić information content (AvgIpc) is 2.78. The molecule has 2 rings (SSSR count). The summed E-state index contributed by atoms with van der Waals surface area (Å²) in [4.78, 5) is 11.7. The number of hydrogen-bond donors (Lipinski definition) is 1. The van der Waals surface area contributed by atoms with Crippen LogP contribution in [0.25, 0.3) is 0 Å². The number of benzene rings is 1. The third kappa shape index (κ3) is 2.67. The molecule has 0 radical (unpaired) electrons. The van der Waals surface area contributed by atoms with Crippen LogP contribution in [0.2, 0.25) is 0 Å². The van der Waals surface area contributed by atoms with E-state index in [1.165, 1.54) is 22.7 Å². The Labute approximate surface area is 116 Å². The lowest BCUT2D eigenvalue weighted by Crippen LogP contribution is -2.25. The predicted molar refractivity (Wildman–Crippen MR) is 72.0 cm³/mol. The first-order valence-corrected chi connectivity index (χ1v) is 6.05. The molecule has 0 saturated heterocycles. The minimum atomic E-state index is -0.859. The van der Waals surface area contributed by atoms with Crippen LogP contribution in [0, 0.1) is 0 Å². The fraction of sp³-hybridized carbons (Fsp3) is 0.385. The van der Waals surface area contributed by atoms with E-state index in [1.54, 1.807) is 32.4 Å². The molecular weight excluding hydrogens is 262 g/mol. The number of methoxy groups -OCH3 is 2. The van der Waals surface area contributed by atoms with Crippen molar-refractivity contribution in [2.24, 2.45) is 7.05 Å². The molecule has 1 N–H and O–H groups in total. The van der Waals surface area contributed by atoms with E-state index < -0.39 is 6.10 Å². The van der Waals surface area contributed by atoms with Gasteiger partial charge in [0.2, 0.25) is 0 Å². The van der Waals surface area contributed by atoms with Gasteiger partial charge in [-0.05, 0) is 17.7 Å². The Morgan fingerprint density at radius 1 is 1.30 bits per heavy atom. The Bertz CT molecular complexity index is 647. The van der Waals surface area contributed by atoms with Gasteiger partial charge in [-0.2, -0.15) is 5.10 Å². The smallest absolute Gasteiger partial charge is 0.345 e. The van der Waals surface area contributed by atoms with E-state index in [4.69, 9.17) is 9.47 Å². The van der Waals surface area contributed by atoms with Gasteiger partial charge in [0.05, 0.1) is 26.9 Å². The highest BCUT2D eigenvalue weighted by Gasteiger charge is 2.14. The van der Waals surface area contributed by atoms with Crippen molar-refractivity contribution in [1.82, 2.24) is 14.3 Å². The maximum atomic E-state index is 11.7. The Morgan fingerprint density at radius 3 is 2.55 bits per heavy atom. The summed E-state index contributed by atoms with van der Waals surface area (Å²) in [5.41, 5.74) is 0.352. The van der Waals surface area contributed by atoms with E-state index in [1.807, 2.05) is 0 Å². The summed E-state index contributed by atoms with van der Waals surface area (Å²) in [6.07, 6.45) is 0.548. The monoisotopic (exact) mass is 279 g/mol. The minimum absolute atomic E-state index is 0.0785. The van der Waals surface area contributed by atoms with E-state index in [9.17, 15) is 9.90 Å². The molecular formula is C13H17N3O4. The molecule has 0 amide bonds. The van der Waals surface area contributed by atoms with E-state index in [-0.39, 0.29) is 12.2 Å². The van der Waals surface area contributed by atoms with Crippen LogP contribution < -0.4 is 15.2 Å². The predicted octanol–water partition coefficient (Wildman–Crippen LogP) is 0.333. The highest BCUT2D eigenvalue weighted by atomic mass is 16.5. The topological polar surface area (TPSA) is 78.5 Å². The highest BCUT2D eigenvalue weighted by molar-refractivity contribution is 5.43. The van der Waals surface area contributed by atoms with Crippen LogP contribution in [0.3, 0.4) is 0 Å². The summed E-state index contributed by atoms with van der Waals surface area (Å²) in [6.45, 7) is 0.0785. The number of aliphatic hydroxyl groups is 1. The molecule has 0 bridgehead atoms. The first kappa shape index (κ1) is 14.1. The van der Waals surface area contributed by atoms with Crippen molar-refractivity contribution >= 4 is 0 Å². The SMILES string of the molecule is COc1ccc(C(O)Cn2ncn(C)c2=O)cc1OC. The first-order valence-electron chi connectivity index (χ1n) is 6.05. The maximum Gasteiger partial charge on any atom is 0.345 e. The fourth-order valence-corrected chi connectivity index (χ4v) is 1.88. The zero-order chi connectivity index (χ0) is 14.7. The second kappa shape index (κ2) is 5.79. The zero-order valence-electron chi connectivity index (χ0n) is 11.6. The minimum Gasteiger partial charge on any atom is -0.493 e. The van der Waals surface area contributed by atoms with Gasteiger partial charge in [0.15, 0.2) is 11.5 Å². The van der Waals surface area contributed by atoms with Crippen LogP contribution in [-0.2, 0) is 13.6 Å². The van der Waals surface area contributed by atoms with Crippen molar-refractivity contribution in [3.63, 3.8) is 0 Å². The number of hydrogen-bond acceptors (Lipinski definition) is 5. The van der Waals surface area contributed by atoms with Crippen molar-refractivity contribution in [3.05, 3.63) is 40.6 Å². The molecule has 0 aliphatic rings. The van der Waals surface area contributed by atoms with Gasteiger partial charge in [0, 0.05) is 7.05 Å². The summed E-state index contributed by atoms with van der Waals surface area (Å²) < 4.78 is 12.9. The van der Waals surface area contributed by atoms with Gasteiger partial charge in [-0.3, -0.25) is 4.57 Å². The van der Waals surface area contributed by atoms with Crippen molar-refractivity contribution in [3.8, 4) is 11.5 Å². The lowest BCUT2D eigenvalue weighted by molar-refractivity contribution is 0.149. The van der Waals surface area contributed by atoms with Gasteiger partial charge in [0.25, 0.3) is 0 Å². The summed E-state index contributed by atoms with van der Waals surface area (Å²) in [5, 5.41) is 14.1. The summed E-state index contributed by atoms with van der Waals surface area (Å²) in [5.74, 6) is 1.11. The van der Waals surface area contributed by atoms with Crippen molar-refractivity contribution in [2.45, 2.75) is 12.6 Å². The van der Waals surface area contributed by atoms with E-state index in [0.29, 0.717) is 17.1 Å². The van der Waals surface area contributed by atoms with Crippen molar-refractivity contribution in [1.29, 1.82) is 0 Å². The normalized spacial score (nSPS) is 12.2. The number of aromatic nitrogens is 3. The van der Waals surface area contributed by atoms with E-state index in [2.05, 4.69) is 5.10 Å². The van der Waals surface area contributed by atoms with E-state index >= 15 is 0 Å². The second-order valence-electron chi connectivity index (χ2n) is 4.34. The third-order valence-electron chi connectivity index (χ3n) is 3.03. The average molecular weight is 279 g/mol. The number of nitrogens with zero attached hydrogens (tertiary/aromatic N) is 3. The zero-order valence-corrected chi connectivity index (χ0v) is 11.6.